The summed E-state index contributed by atoms with van der Waals surface area (Å²) in [6, 6.07) is 9.32. The number of hydrogen-bond donors (Lipinski definition) is 2. The van der Waals surface area contributed by atoms with Crippen LogP contribution in [0.2, 0.25) is 9.36 Å². The van der Waals surface area contributed by atoms with Gasteiger partial charge in [0.1, 0.15) is 10.8 Å². The van der Waals surface area contributed by atoms with Gasteiger partial charge in [-0.1, -0.05) is 41.4 Å². The van der Waals surface area contributed by atoms with Crippen molar-refractivity contribution in [3.05, 3.63) is 50.8 Å². The van der Waals surface area contributed by atoms with Crippen LogP contribution in [0.4, 0.5) is 5.00 Å². The monoisotopic (exact) mass is 366 g/mol. The Hall–Kier alpha value is -1.89. The lowest BCUT2D eigenvalue weighted by molar-refractivity contribution is -0.119. The van der Waals surface area contributed by atoms with E-state index in [0.717, 1.165) is 21.8 Å². The van der Waals surface area contributed by atoms with E-state index in [1.165, 1.54) is 18.3 Å². The Kier molecular flexibility index (Phi) is 4.66. The van der Waals surface area contributed by atoms with E-state index in [-0.39, 0.29) is 5.91 Å². The van der Waals surface area contributed by atoms with Crippen LogP contribution in [-0.4, -0.2) is 24.0 Å². The third-order valence-electron chi connectivity index (χ3n) is 3.07. The molecule has 0 bridgehead atoms. The van der Waals surface area contributed by atoms with E-state index in [1.54, 1.807) is 0 Å². The molecule has 0 radical (unpaired) electrons. The topological polar surface area (TPSA) is 65.8 Å². The molecule has 2 aromatic rings. The summed E-state index contributed by atoms with van der Waals surface area (Å²) in [5, 5.41) is 1.33. The van der Waals surface area contributed by atoms with Gasteiger partial charge in [0.25, 0.3) is 0 Å². The van der Waals surface area contributed by atoms with E-state index in [4.69, 9.17) is 23.2 Å². The molecule has 0 atom stereocenters. The zero-order valence-electron chi connectivity index (χ0n) is 12.1. The van der Waals surface area contributed by atoms with Gasteiger partial charge in [-0.2, -0.15) is 0 Å². The second kappa shape index (κ2) is 6.70. The molecule has 0 unspecified atom stereocenters. The highest BCUT2D eigenvalue weighted by Gasteiger charge is 2.20. The van der Waals surface area contributed by atoms with Crippen LogP contribution < -0.4 is 10.9 Å². The van der Waals surface area contributed by atoms with Crippen molar-refractivity contribution in [3.63, 3.8) is 0 Å². The summed E-state index contributed by atoms with van der Waals surface area (Å²) in [7, 11) is 0. The van der Waals surface area contributed by atoms with Gasteiger partial charge in [-0.25, -0.2) is 4.99 Å². The van der Waals surface area contributed by atoms with Crippen molar-refractivity contribution in [2.75, 3.05) is 6.54 Å². The molecule has 2 heterocycles. The number of amidine groups is 1. The number of hydrogen-bond acceptors (Lipinski definition) is 5. The maximum Gasteiger partial charge on any atom is 0.235 e. The molecule has 0 saturated heterocycles. The fourth-order valence-electron chi connectivity index (χ4n) is 2.11. The van der Waals surface area contributed by atoms with Crippen LogP contribution in [0, 0.1) is 0 Å². The summed E-state index contributed by atoms with van der Waals surface area (Å²) in [6.45, 7) is 1.70. The molecular formula is C15H12Cl2N4OS. The fraction of sp³-hybridized carbons (Fsp3) is 0.133. The maximum atomic E-state index is 11.1. The van der Waals surface area contributed by atoms with Crippen molar-refractivity contribution in [2.24, 2.45) is 9.98 Å². The number of carbonyl (C=O) groups is 1. The first-order valence-corrected chi connectivity index (χ1v) is 8.31. The first-order chi connectivity index (χ1) is 11.0. The number of rotatable bonds is 1. The van der Waals surface area contributed by atoms with E-state index < -0.39 is 0 Å². The molecule has 23 heavy (non-hydrogen) atoms. The summed E-state index contributed by atoms with van der Waals surface area (Å²) < 4.78 is 0.610. The minimum atomic E-state index is -0.211. The van der Waals surface area contributed by atoms with Crippen molar-refractivity contribution in [3.8, 4) is 0 Å². The highest BCUT2D eigenvalue weighted by Crippen LogP contribution is 2.37. The zero-order chi connectivity index (χ0) is 16.4. The number of benzene rings is 1. The van der Waals surface area contributed by atoms with Crippen molar-refractivity contribution < 1.29 is 4.79 Å². The molecule has 0 saturated carbocycles. The van der Waals surface area contributed by atoms with E-state index in [0.29, 0.717) is 21.7 Å². The Bertz CT molecular complexity index is 829. The van der Waals surface area contributed by atoms with Crippen LogP contribution in [0.25, 0.3) is 0 Å². The lowest BCUT2D eigenvalue weighted by Gasteiger charge is -2.07. The highest BCUT2D eigenvalue weighted by molar-refractivity contribution is 7.20. The van der Waals surface area contributed by atoms with E-state index >= 15 is 0 Å². The van der Waals surface area contributed by atoms with Crippen molar-refractivity contribution >= 4 is 57.0 Å². The Labute approximate surface area is 147 Å². The quantitative estimate of drug-likeness (QED) is 0.757. The third-order valence-corrected chi connectivity index (χ3v) is 4.56. The molecule has 3 rings (SSSR count). The lowest BCUT2D eigenvalue weighted by atomic mass is 10.0. The smallest absolute Gasteiger partial charge is 0.235 e. The largest absolute Gasteiger partial charge is 0.284 e. The molecule has 1 aliphatic heterocycles. The SMILES string of the molecule is CC(=O)NNC1=Nc2sc(Cl)cc2C(c2ccccc2Cl)=NC1. The molecular weight excluding hydrogens is 355 g/mol. The molecule has 5 nitrogen and oxygen atoms in total. The molecule has 1 aliphatic rings. The fourth-order valence-corrected chi connectivity index (χ4v) is 3.45. The zero-order valence-corrected chi connectivity index (χ0v) is 14.4. The van der Waals surface area contributed by atoms with Crippen LogP contribution in [0.3, 0.4) is 0 Å². The van der Waals surface area contributed by atoms with Crippen molar-refractivity contribution in [1.82, 2.24) is 10.9 Å². The van der Waals surface area contributed by atoms with E-state index in [1.807, 2.05) is 30.3 Å². The van der Waals surface area contributed by atoms with Gasteiger partial charge in [-0.3, -0.25) is 20.6 Å². The minimum absolute atomic E-state index is 0.211. The third kappa shape index (κ3) is 3.55. The number of thiophene rings is 1. The van der Waals surface area contributed by atoms with E-state index in [2.05, 4.69) is 20.8 Å². The molecule has 1 aromatic carbocycles. The summed E-state index contributed by atoms with van der Waals surface area (Å²) in [4.78, 5) is 20.2. The Balaban J connectivity index is 2.04. The van der Waals surface area contributed by atoms with Gasteiger partial charge >= 0.3 is 0 Å². The van der Waals surface area contributed by atoms with Gasteiger partial charge in [0, 0.05) is 23.1 Å². The number of carbonyl (C=O) groups excluding carboxylic acids is 1. The number of nitrogens with zero attached hydrogens (tertiary/aromatic N) is 2. The molecule has 2 N–H and O–H groups in total. The first-order valence-electron chi connectivity index (χ1n) is 6.74. The Morgan fingerprint density at radius 2 is 2.04 bits per heavy atom. The number of amides is 1. The minimum Gasteiger partial charge on any atom is -0.284 e. The van der Waals surface area contributed by atoms with Crippen LogP contribution in [0.1, 0.15) is 18.1 Å². The number of nitrogens with one attached hydrogen (secondary N) is 2. The number of aliphatic imine (C=N–C) groups is 2. The normalized spacial score (nSPS) is 13.5. The molecule has 0 fully saturated rings. The van der Waals surface area contributed by atoms with Crippen LogP contribution in [-0.2, 0) is 4.79 Å². The van der Waals surface area contributed by atoms with Crippen LogP contribution >= 0.6 is 34.5 Å². The molecule has 0 aliphatic carbocycles. The average molecular weight is 367 g/mol. The second-order valence-corrected chi connectivity index (χ2v) is 6.85. The van der Waals surface area contributed by atoms with Gasteiger partial charge < -0.3 is 0 Å². The summed E-state index contributed by atoms with van der Waals surface area (Å²) in [6.07, 6.45) is 0. The molecule has 118 valence electrons. The maximum absolute atomic E-state index is 11.1. The van der Waals surface area contributed by atoms with Gasteiger partial charge in [-0.05, 0) is 12.1 Å². The molecule has 1 amide bonds. The molecule has 1 aromatic heterocycles. The molecule has 0 spiro atoms. The molecule has 8 heteroatoms. The Morgan fingerprint density at radius 3 is 2.78 bits per heavy atom. The van der Waals surface area contributed by atoms with Gasteiger partial charge in [0.15, 0.2) is 0 Å². The summed E-state index contributed by atoms with van der Waals surface area (Å²) >= 11 is 13.8. The number of hydrazine groups is 1. The summed E-state index contributed by atoms with van der Waals surface area (Å²) in [5.41, 5.74) is 7.66. The number of fused-ring (bicyclic) bond motifs is 1. The van der Waals surface area contributed by atoms with Crippen molar-refractivity contribution in [2.45, 2.75) is 6.92 Å². The average Bonchev–Trinajstić information content (AvgIpc) is 2.78. The second-order valence-electron chi connectivity index (χ2n) is 4.78. The highest BCUT2D eigenvalue weighted by atomic mass is 35.5. The van der Waals surface area contributed by atoms with E-state index in [9.17, 15) is 4.79 Å². The van der Waals surface area contributed by atoms with Gasteiger partial charge in [-0.15, -0.1) is 11.3 Å². The predicted octanol–water partition coefficient (Wildman–Crippen LogP) is 3.58. The Morgan fingerprint density at radius 1 is 1.26 bits per heavy atom. The van der Waals surface area contributed by atoms with Crippen LogP contribution in [0.15, 0.2) is 40.3 Å². The van der Waals surface area contributed by atoms with Crippen molar-refractivity contribution in [1.29, 1.82) is 0 Å². The first kappa shape index (κ1) is 16.0. The predicted molar refractivity (Wildman–Crippen MR) is 95.3 cm³/mol. The number of halogens is 2. The van der Waals surface area contributed by atoms with Gasteiger partial charge in [0.2, 0.25) is 5.91 Å². The standard InChI is InChI=1S/C15H12Cl2N4OS/c1-8(22)20-21-13-7-18-14(9-4-2-3-5-11(9)16)10-6-12(17)23-15(10)19-13/h2-6H,7H2,1H3,(H,19,21)(H,20,22). The van der Waals surface area contributed by atoms with Gasteiger partial charge in [0.05, 0.1) is 16.6 Å². The van der Waals surface area contributed by atoms with Crippen LogP contribution in [0.5, 0.6) is 0 Å². The summed E-state index contributed by atoms with van der Waals surface area (Å²) in [5.74, 6) is 0.318. The lowest BCUT2D eigenvalue weighted by Crippen LogP contribution is -2.41.